The third kappa shape index (κ3) is 3.63. The van der Waals surface area contributed by atoms with E-state index in [1.165, 1.54) is 12.0 Å². The molecular weight excluding hydrogens is 212 g/mol. The van der Waals surface area contributed by atoms with Gasteiger partial charge in [-0.3, -0.25) is 4.79 Å². The normalized spacial score (nSPS) is 11.4. The fourth-order valence-electron chi connectivity index (χ4n) is 1.41. The molecule has 0 bridgehead atoms. The van der Waals surface area contributed by atoms with Crippen LogP contribution >= 0.6 is 11.3 Å². The van der Waals surface area contributed by atoms with Gasteiger partial charge in [0.15, 0.2) is 0 Å². The molecule has 2 nitrogen and oxygen atoms in total. The van der Waals surface area contributed by atoms with E-state index in [1.807, 2.05) is 0 Å². The van der Waals surface area contributed by atoms with Crippen molar-refractivity contribution >= 4 is 25.4 Å². The topological polar surface area (TPSA) is 26.3 Å². The zero-order valence-corrected chi connectivity index (χ0v) is 10.7. The Morgan fingerprint density at radius 3 is 2.79 bits per heavy atom. The van der Waals surface area contributed by atoms with Gasteiger partial charge in [-0.1, -0.05) is 19.2 Å². The Hall–Kier alpha value is -0.613. The molecule has 4 heteroatoms. The van der Waals surface area contributed by atoms with E-state index in [2.05, 4.69) is 30.6 Å². The molecule has 0 aliphatic rings. The lowest BCUT2D eigenvalue weighted by Crippen LogP contribution is -2.32. The van der Waals surface area contributed by atoms with E-state index < -0.39 is 8.07 Å². The average molecular weight is 228 g/mol. The molecule has 0 N–H and O–H groups in total. The first-order chi connectivity index (χ1) is 6.53. The Morgan fingerprint density at radius 1 is 1.57 bits per heavy atom. The maximum atomic E-state index is 11.2. The zero-order chi connectivity index (χ0) is 10.6. The van der Waals surface area contributed by atoms with Gasteiger partial charge in [-0.25, -0.2) is 0 Å². The first kappa shape index (κ1) is 11.5. The maximum absolute atomic E-state index is 11.2. The molecule has 1 rings (SSSR count). The molecule has 14 heavy (non-hydrogen) atoms. The third-order valence-corrected chi connectivity index (χ3v) is 5.80. The molecule has 1 aromatic rings. The molecule has 0 radical (unpaired) electrons. The highest BCUT2D eigenvalue weighted by atomic mass is 32.1. The minimum atomic E-state index is -1.46. The van der Waals surface area contributed by atoms with Gasteiger partial charge in [-0.15, -0.1) is 11.3 Å². The van der Waals surface area contributed by atoms with Crippen molar-refractivity contribution in [3.05, 3.63) is 22.4 Å². The Morgan fingerprint density at radius 2 is 2.29 bits per heavy atom. The van der Waals surface area contributed by atoms with Crippen molar-refractivity contribution in [2.45, 2.75) is 25.2 Å². The second kappa shape index (κ2) is 4.75. The molecule has 0 aromatic carbocycles. The Labute approximate surface area is 89.9 Å². The van der Waals surface area contributed by atoms with Gasteiger partial charge in [-0.2, -0.15) is 0 Å². The molecule has 0 fully saturated rings. The van der Waals surface area contributed by atoms with Gasteiger partial charge in [0, 0.05) is 10.9 Å². The number of carbonyl (C=O) groups is 1. The summed E-state index contributed by atoms with van der Waals surface area (Å²) in [6.45, 7) is 4.45. The highest BCUT2D eigenvalue weighted by molar-refractivity contribution is 7.10. The summed E-state index contributed by atoms with van der Waals surface area (Å²) >= 11 is 1.77. The van der Waals surface area contributed by atoms with Crippen LogP contribution in [-0.4, -0.2) is 21.2 Å². The first-order valence-electron chi connectivity index (χ1n) is 4.63. The lowest BCUT2D eigenvalue weighted by Gasteiger charge is -2.19. The second-order valence-corrected chi connectivity index (χ2v) is 10.2. The van der Waals surface area contributed by atoms with E-state index in [0.717, 1.165) is 6.04 Å². The van der Waals surface area contributed by atoms with Crippen LogP contribution in [-0.2, 0) is 15.6 Å². The lowest BCUT2D eigenvalue weighted by atomic mass is 10.5. The highest BCUT2D eigenvalue weighted by Gasteiger charge is 2.25. The Kier molecular flexibility index (Phi) is 3.89. The van der Waals surface area contributed by atoms with Gasteiger partial charge in [0.25, 0.3) is 0 Å². The molecule has 0 saturated heterocycles. The molecule has 78 valence electrons. The largest absolute Gasteiger partial charge is 0.469 e. The van der Waals surface area contributed by atoms with Gasteiger partial charge in [0.2, 0.25) is 0 Å². The molecule has 0 amide bonds. The van der Waals surface area contributed by atoms with Crippen LogP contribution in [0.2, 0.25) is 19.1 Å². The fraction of sp³-hybridized carbons (Fsp3) is 0.500. The minimum absolute atomic E-state index is 0.0711. The van der Waals surface area contributed by atoms with Crippen molar-refractivity contribution in [2.75, 3.05) is 7.11 Å². The van der Waals surface area contributed by atoms with Crippen LogP contribution in [0.1, 0.15) is 4.88 Å². The van der Waals surface area contributed by atoms with Crippen LogP contribution in [0.3, 0.4) is 0 Å². The van der Waals surface area contributed by atoms with E-state index in [4.69, 9.17) is 4.74 Å². The number of esters is 1. The summed E-state index contributed by atoms with van der Waals surface area (Å²) in [6, 6.07) is 5.88. The number of hydrogen-bond donors (Lipinski definition) is 0. The Bertz CT molecular complexity index is 293. The van der Waals surface area contributed by atoms with Crippen LogP contribution < -0.4 is 0 Å². The summed E-state index contributed by atoms with van der Waals surface area (Å²) in [5, 5.41) is 2.08. The van der Waals surface area contributed by atoms with Gasteiger partial charge in [0.05, 0.1) is 15.2 Å². The minimum Gasteiger partial charge on any atom is -0.469 e. The summed E-state index contributed by atoms with van der Waals surface area (Å²) in [6.07, 6.45) is 0. The number of rotatable bonds is 4. The number of carbonyl (C=O) groups excluding carboxylic acids is 1. The van der Waals surface area contributed by atoms with Crippen LogP contribution in [0.15, 0.2) is 17.5 Å². The lowest BCUT2D eigenvalue weighted by molar-refractivity contribution is -0.138. The number of methoxy groups -OCH3 is 1. The molecular formula is C10H16O2SSi. The quantitative estimate of drug-likeness (QED) is 0.585. The molecule has 0 unspecified atom stereocenters. The number of thiophene rings is 1. The smallest absolute Gasteiger partial charge is 0.302 e. The summed E-state index contributed by atoms with van der Waals surface area (Å²) < 4.78 is 4.70. The van der Waals surface area contributed by atoms with E-state index in [-0.39, 0.29) is 5.97 Å². The molecule has 0 atom stereocenters. The zero-order valence-electron chi connectivity index (χ0n) is 8.87. The molecule has 0 spiro atoms. The van der Waals surface area contributed by atoms with Gasteiger partial charge >= 0.3 is 5.97 Å². The molecule has 0 saturated carbocycles. The van der Waals surface area contributed by atoms with Crippen LogP contribution in [0.5, 0.6) is 0 Å². The number of hydrogen-bond acceptors (Lipinski definition) is 3. The first-order valence-corrected chi connectivity index (χ1v) is 8.92. The summed E-state index contributed by atoms with van der Waals surface area (Å²) in [5.74, 6) is -0.0711. The SMILES string of the molecule is COC(=O)C[Si](C)(C)Cc1cccs1. The van der Waals surface area contributed by atoms with Crippen molar-refractivity contribution in [3.63, 3.8) is 0 Å². The third-order valence-electron chi connectivity index (χ3n) is 2.08. The van der Waals surface area contributed by atoms with Gasteiger partial charge in [0.1, 0.15) is 0 Å². The van der Waals surface area contributed by atoms with E-state index in [0.29, 0.717) is 6.04 Å². The standard InChI is InChI=1S/C10H16O2SSi/c1-12-10(11)8-14(2,3)7-9-5-4-6-13-9/h4-6H,7-8H2,1-3H3. The maximum Gasteiger partial charge on any atom is 0.302 e. The van der Waals surface area contributed by atoms with Gasteiger partial charge < -0.3 is 4.74 Å². The Balaban J connectivity index is 2.53. The summed E-state index contributed by atoms with van der Waals surface area (Å²) in [5.41, 5.74) is 0. The van der Waals surface area contributed by atoms with Crippen LogP contribution in [0, 0.1) is 0 Å². The second-order valence-electron chi connectivity index (χ2n) is 4.17. The predicted octanol–water partition coefficient (Wildman–Crippen LogP) is 2.71. The number of ether oxygens (including phenoxy) is 1. The van der Waals surface area contributed by atoms with Crippen molar-refractivity contribution in [1.29, 1.82) is 0 Å². The molecule has 1 heterocycles. The van der Waals surface area contributed by atoms with Crippen molar-refractivity contribution in [1.82, 2.24) is 0 Å². The monoisotopic (exact) mass is 228 g/mol. The van der Waals surface area contributed by atoms with E-state index in [9.17, 15) is 4.79 Å². The molecule has 1 aromatic heterocycles. The fourth-order valence-corrected chi connectivity index (χ4v) is 5.52. The van der Waals surface area contributed by atoms with E-state index >= 15 is 0 Å². The van der Waals surface area contributed by atoms with Crippen LogP contribution in [0.4, 0.5) is 0 Å². The summed E-state index contributed by atoms with van der Waals surface area (Å²) in [7, 11) is 0.000256. The summed E-state index contributed by atoms with van der Waals surface area (Å²) in [4.78, 5) is 12.6. The predicted molar refractivity (Wildman–Crippen MR) is 62.3 cm³/mol. The highest BCUT2D eigenvalue weighted by Crippen LogP contribution is 2.20. The molecule has 0 aliphatic carbocycles. The average Bonchev–Trinajstić information content (AvgIpc) is 2.54. The van der Waals surface area contributed by atoms with Crippen molar-refractivity contribution < 1.29 is 9.53 Å². The van der Waals surface area contributed by atoms with Gasteiger partial charge in [-0.05, 0) is 17.5 Å². The van der Waals surface area contributed by atoms with E-state index in [1.54, 1.807) is 11.3 Å². The van der Waals surface area contributed by atoms with Crippen molar-refractivity contribution in [2.24, 2.45) is 0 Å². The van der Waals surface area contributed by atoms with Crippen molar-refractivity contribution in [3.8, 4) is 0 Å². The molecule has 0 aliphatic heterocycles. The van der Waals surface area contributed by atoms with Crippen LogP contribution in [0.25, 0.3) is 0 Å².